The van der Waals surface area contributed by atoms with E-state index in [4.69, 9.17) is 14.2 Å². The molecule has 144 valence electrons. The third-order valence-corrected chi connectivity index (χ3v) is 6.27. The number of hydrogen-bond donors (Lipinski definition) is 0. The van der Waals surface area contributed by atoms with E-state index in [9.17, 15) is 0 Å². The quantitative estimate of drug-likeness (QED) is 0.616. The average Bonchev–Trinajstić information content (AvgIpc) is 2.74. The topological polar surface area (TPSA) is 30.9 Å². The molecule has 0 spiro atoms. The number of nitrogens with zero attached hydrogens (tertiary/aromatic N) is 1. The van der Waals surface area contributed by atoms with E-state index in [1.54, 1.807) is 21.3 Å². The van der Waals surface area contributed by atoms with Crippen LogP contribution < -0.4 is 14.4 Å². The molecular weight excluding hydrogens is 418 g/mol. The van der Waals surface area contributed by atoms with E-state index in [0.29, 0.717) is 0 Å². The molecule has 1 atom stereocenters. The molecule has 4 rings (SSSR count). The maximum absolute atomic E-state index is 5.92. The summed E-state index contributed by atoms with van der Waals surface area (Å²) in [6, 6.07) is 14.2. The van der Waals surface area contributed by atoms with Crippen LogP contribution in [0.2, 0.25) is 0 Å². The van der Waals surface area contributed by atoms with Gasteiger partial charge in [-0.2, -0.15) is 0 Å². The lowest BCUT2D eigenvalue weighted by Crippen LogP contribution is -2.36. The van der Waals surface area contributed by atoms with Crippen molar-refractivity contribution in [2.75, 3.05) is 33.3 Å². The van der Waals surface area contributed by atoms with Crippen LogP contribution in [0.15, 0.2) is 72.0 Å². The molecule has 0 radical (unpaired) electrons. The van der Waals surface area contributed by atoms with E-state index in [0.717, 1.165) is 45.2 Å². The predicted molar refractivity (Wildman–Crippen MR) is 116 cm³/mol. The predicted octanol–water partition coefficient (Wildman–Crippen LogP) is 5.15. The smallest absolute Gasteiger partial charge is 0.169 e. The third kappa shape index (κ3) is 2.77. The maximum Gasteiger partial charge on any atom is 0.169 e. The Morgan fingerprint density at radius 3 is 2.36 bits per heavy atom. The second kappa shape index (κ2) is 7.15. The minimum absolute atomic E-state index is 0.737. The highest BCUT2D eigenvalue weighted by molar-refractivity contribution is 9.10. The van der Waals surface area contributed by atoms with Gasteiger partial charge in [-0.25, -0.2) is 0 Å². The number of anilines is 1. The molecule has 0 fully saturated rings. The molecule has 0 N–H and O–H groups in total. The van der Waals surface area contributed by atoms with Gasteiger partial charge in [-0.15, -0.1) is 0 Å². The Morgan fingerprint density at radius 2 is 1.71 bits per heavy atom. The fourth-order valence-electron chi connectivity index (χ4n) is 3.87. The van der Waals surface area contributed by atoms with Crippen molar-refractivity contribution in [3.63, 3.8) is 0 Å². The van der Waals surface area contributed by atoms with Gasteiger partial charge in [-0.1, -0.05) is 24.3 Å². The van der Waals surface area contributed by atoms with Crippen LogP contribution in [0, 0.1) is 0 Å². The standard InChI is InChI=1S/C23H22BrNO3/c1-25-17-7-5-9-19(27-3)21(17)20(15-10-12-16(26-2)13-11-15)22-18(25)8-6-14-23(22,24)28-4/h5-14H,1-4H3. The van der Waals surface area contributed by atoms with Crippen molar-refractivity contribution >= 4 is 27.2 Å². The monoisotopic (exact) mass is 439 g/mol. The molecule has 28 heavy (non-hydrogen) atoms. The highest BCUT2D eigenvalue weighted by atomic mass is 79.9. The molecule has 1 unspecified atom stereocenters. The fraction of sp³-hybridized carbons (Fsp3) is 0.217. The first-order valence-electron chi connectivity index (χ1n) is 8.98. The third-order valence-electron chi connectivity index (χ3n) is 5.28. The van der Waals surface area contributed by atoms with Crippen LogP contribution in [-0.2, 0) is 4.74 Å². The van der Waals surface area contributed by atoms with Crippen LogP contribution in [0.1, 0.15) is 11.1 Å². The highest BCUT2D eigenvalue weighted by Gasteiger charge is 2.41. The Labute approximate surface area is 173 Å². The first kappa shape index (κ1) is 18.8. The van der Waals surface area contributed by atoms with Crippen LogP contribution >= 0.6 is 15.9 Å². The van der Waals surface area contributed by atoms with E-state index in [1.165, 1.54) is 0 Å². The Balaban J connectivity index is 2.10. The summed E-state index contributed by atoms with van der Waals surface area (Å²) in [5, 5.41) is 0. The molecule has 4 nitrogen and oxygen atoms in total. The molecule has 1 aliphatic heterocycles. The second-order valence-electron chi connectivity index (χ2n) is 6.65. The summed E-state index contributed by atoms with van der Waals surface area (Å²) >= 11 is 3.83. The van der Waals surface area contributed by atoms with Crippen molar-refractivity contribution in [3.8, 4) is 11.5 Å². The van der Waals surface area contributed by atoms with Gasteiger partial charge in [0.1, 0.15) is 11.5 Å². The van der Waals surface area contributed by atoms with E-state index in [1.807, 2.05) is 36.4 Å². The summed E-state index contributed by atoms with van der Waals surface area (Å²) in [7, 11) is 7.15. The summed E-state index contributed by atoms with van der Waals surface area (Å²) in [5.41, 5.74) is 6.39. The molecule has 0 saturated heterocycles. The lowest BCUT2D eigenvalue weighted by Gasteiger charge is -2.41. The van der Waals surface area contributed by atoms with Crippen LogP contribution in [-0.4, -0.2) is 32.9 Å². The zero-order valence-corrected chi connectivity index (χ0v) is 17.9. The van der Waals surface area contributed by atoms with Gasteiger partial charge in [0.15, 0.2) is 4.51 Å². The maximum atomic E-state index is 5.92. The zero-order valence-electron chi connectivity index (χ0n) is 16.3. The number of alkyl halides is 1. The van der Waals surface area contributed by atoms with Gasteiger partial charge in [-0.05, 0) is 57.9 Å². The molecule has 0 saturated carbocycles. The van der Waals surface area contributed by atoms with E-state index < -0.39 is 4.51 Å². The molecule has 2 aliphatic rings. The number of likely N-dealkylation sites (N-methyl/N-ethyl adjacent to an activating group) is 1. The number of benzene rings is 2. The minimum Gasteiger partial charge on any atom is -0.497 e. The number of hydrogen-bond acceptors (Lipinski definition) is 4. The molecule has 2 aromatic carbocycles. The number of methoxy groups -OCH3 is 3. The first-order chi connectivity index (χ1) is 13.5. The summed E-state index contributed by atoms with van der Waals surface area (Å²) in [6.07, 6.45) is 6.15. The minimum atomic E-state index is -0.737. The normalized spacial score (nSPS) is 20.5. The van der Waals surface area contributed by atoms with E-state index in [-0.39, 0.29) is 0 Å². The summed E-state index contributed by atoms with van der Waals surface area (Å²) in [5.74, 6) is 1.64. The van der Waals surface area contributed by atoms with Gasteiger partial charge in [0.25, 0.3) is 0 Å². The zero-order chi connectivity index (χ0) is 19.9. The Hall–Kier alpha value is -2.50. The van der Waals surface area contributed by atoms with Gasteiger partial charge in [-0.3, -0.25) is 0 Å². The van der Waals surface area contributed by atoms with E-state index in [2.05, 4.69) is 52.2 Å². The van der Waals surface area contributed by atoms with Crippen molar-refractivity contribution in [1.82, 2.24) is 0 Å². The number of halogens is 1. The fourth-order valence-corrected chi connectivity index (χ4v) is 4.43. The number of allylic oxidation sites excluding steroid dienone is 2. The summed E-state index contributed by atoms with van der Waals surface area (Å²) in [6.45, 7) is 0. The van der Waals surface area contributed by atoms with Gasteiger partial charge < -0.3 is 19.1 Å². The van der Waals surface area contributed by atoms with Crippen LogP contribution in [0.25, 0.3) is 5.57 Å². The Bertz CT molecular complexity index is 1010. The molecule has 1 heterocycles. The SMILES string of the molecule is COc1ccc(C2=C3C(=CC=CC3(Br)OC)N(C)c3cccc(OC)c32)cc1. The van der Waals surface area contributed by atoms with Crippen molar-refractivity contribution in [3.05, 3.63) is 83.1 Å². The molecule has 0 aromatic heterocycles. The van der Waals surface area contributed by atoms with Gasteiger partial charge in [0, 0.05) is 36.6 Å². The lowest BCUT2D eigenvalue weighted by atomic mass is 9.82. The number of rotatable bonds is 4. The van der Waals surface area contributed by atoms with E-state index >= 15 is 0 Å². The Kier molecular flexibility index (Phi) is 4.81. The molecule has 1 aliphatic carbocycles. The molecular formula is C23H22BrNO3. The van der Waals surface area contributed by atoms with Crippen LogP contribution in [0.5, 0.6) is 11.5 Å². The summed E-state index contributed by atoms with van der Waals surface area (Å²) in [4.78, 5) is 2.18. The Morgan fingerprint density at radius 1 is 0.964 bits per heavy atom. The molecule has 2 aromatic rings. The van der Waals surface area contributed by atoms with Crippen molar-refractivity contribution in [2.24, 2.45) is 0 Å². The van der Waals surface area contributed by atoms with Crippen molar-refractivity contribution in [2.45, 2.75) is 4.51 Å². The first-order valence-corrected chi connectivity index (χ1v) is 9.77. The number of fused-ring (bicyclic) bond motifs is 2. The molecule has 0 bridgehead atoms. The average molecular weight is 440 g/mol. The molecule has 5 heteroatoms. The van der Waals surface area contributed by atoms with Crippen molar-refractivity contribution in [1.29, 1.82) is 0 Å². The van der Waals surface area contributed by atoms with Crippen molar-refractivity contribution < 1.29 is 14.2 Å². The lowest BCUT2D eigenvalue weighted by molar-refractivity contribution is 0.147. The molecule has 0 amide bonds. The number of ether oxygens (including phenoxy) is 3. The second-order valence-corrected chi connectivity index (χ2v) is 7.83. The van der Waals surface area contributed by atoms with Gasteiger partial charge in [0.2, 0.25) is 0 Å². The van der Waals surface area contributed by atoms with Crippen LogP contribution in [0.3, 0.4) is 0 Å². The van der Waals surface area contributed by atoms with Gasteiger partial charge >= 0.3 is 0 Å². The van der Waals surface area contributed by atoms with Crippen LogP contribution in [0.4, 0.5) is 5.69 Å². The summed E-state index contributed by atoms with van der Waals surface area (Å²) < 4.78 is 16.3. The van der Waals surface area contributed by atoms with Gasteiger partial charge in [0.05, 0.1) is 19.9 Å². The largest absolute Gasteiger partial charge is 0.497 e. The highest BCUT2D eigenvalue weighted by Crippen LogP contribution is 2.53.